The van der Waals surface area contributed by atoms with Gasteiger partial charge in [0.1, 0.15) is 5.69 Å². The molecule has 0 saturated carbocycles. The van der Waals surface area contributed by atoms with Crippen LogP contribution in [0.3, 0.4) is 0 Å². The molecule has 0 spiro atoms. The second-order valence-electron chi connectivity index (χ2n) is 5.05. The molecule has 0 unspecified atom stereocenters. The number of aromatic nitrogens is 1. The molecular weight excluding hydrogens is 266 g/mol. The van der Waals surface area contributed by atoms with Crippen LogP contribution in [0.15, 0.2) is 36.5 Å². The first-order valence-corrected chi connectivity index (χ1v) is 6.84. The Morgan fingerprint density at radius 3 is 3.05 bits per heavy atom. The molecule has 108 valence electrons. The van der Waals surface area contributed by atoms with Crippen molar-refractivity contribution in [3.63, 3.8) is 0 Å². The molecule has 5 heteroatoms. The van der Waals surface area contributed by atoms with Crippen LogP contribution in [0.1, 0.15) is 21.6 Å². The number of ether oxygens (including phenoxy) is 1. The summed E-state index contributed by atoms with van der Waals surface area (Å²) in [6, 6.07) is 9.70. The predicted octanol–water partition coefficient (Wildman–Crippen LogP) is 2.01. The maximum absolute atomic E-state index is 11.6. The zero-order valence-corrected chi connectivity index (χ0v) is 11.9. The Bertz CT molecular complexity index is 685. The smallest absolute Gasteiger partial charge is 0.356 e. The van der Waals surface area contributed by atoms with Crippen molar-refractivity contribution >= 4 is 17.3 Å². The topological polar surface area (TPSA) is 68.5 Å². The SMILES string of the molecule is COC(=O)c1cc(N2CCc3cccc(N)c3C2)ccn1. The molecule has 1 aromatic carbocycles. The minimum Gasteiger partial charge on any atom is -0.464 e. The summed E-state index contributed by atoms with van der Waals surface area (Å²) in [5.74, 6) is -0.422. The third-order valence-electron chi connectivity index (χ3n) is 3.81. The van der Waals surface area contributed by atoms with Gasteiger partial charge in [0, 0.05) is 30.7 Å². The second-order valence-corrected chi connectivity index (χ2v) is 5.05. The number of methoxy groups -OCH3 is 1. The van der Waals surface area contributed by atoms with Gasteiger partial charge >= 0.3 is 5.97 Å². The third-order valence-corrected chi connectivity index (χ3v) is 3.81. The standard InChI is InChI=1S/C16H17N3O2/c1-21-16(20)15-9-12(5-7-18-15)19-8-6-11-3-2-4-14(17)13(11)10-19/h2-5,7,9H,6,8,10,17H2,1H3. The van der Waals surface area contributed by atoms with Crippen molar-refractivity contribution in [3.05, 3.63) is 53.3 Å². The number of nitrogens with zero attached hydrogens (tertiary/aromatic N) is 2. The maximum atomic E-state index is 11.6. The van der Waals surface area contributed by atoms with E-state index in [9.17, 15) is 4.79 Å². The van der Waals surface area contributed by atoms with Crippen LogP contribution in [0.5, 0.6) is 0 Å². The Hall–Kier alpha value is -2.56. The van der Waals surface area contributed by atoms with Gasteiger partial charge in [-0.1, -0.05) is 12.1 Å². The summed E-state index contributed by atoms with van der Waals surface area (Å²) in [5.41, 5.74) is 10.6. The predicted molar refractivity (Wildman–Crippen MR) is 81.2 cm³/mol. The van der Waals surface area contributed by atoms with Gasteiger partial charge in [0.25, 0.3) is 0 Å². The number of carbonyl (C=O) groups is 1. The second kappa shape index (κ2) is 5.44. The number of hydrogen-bond donors (Lipinski definition) is 1. The molecule has 0 radical (unpaired) electrons. The van der Waals surface area contributed by atoms with E-state index >= 15 is 0 Å². The van der Waals surface area contributed by atoms with E-state index < -0.39 is 5.97 Å². The third kappa shape index (κ3) is 2.54. The molecular formula is C16H17N3O2. The van der Waals surface area contributed by atoms with E-state index in [0.29, 0.717) is 5.69 Å². The van der Waals surface area contributed by atoms with E-state index in [1.54, 1.807) is 12.3 Å². The van der Waals surface area contributed by atoms with Crippen LogP contribution in [-0.2, 0) is 17.7 Å². The van der Waals surface area contributed by atoms with Gasteiger partial charge < -0.3 is 15.4 Å². The van der Waals surface area contributed by atoms with Crippen LogP contribution in [0.4, 0.5) is 11.4 Å². The molecule has 0 bridgehead atoms. The molecule has 5 nitrogen and oxygen atoms in total. The molecule has 0 aliphatic carbocycles. The van der Waals surface area contributed by atoms with Crippen molar-refractivity contribution in [2.45, 2.75) is 13.0 Å². The van der Waals surface area contributed by atoms with Crippen LogP contribution in [-0.4, -0.2) is 24.6 Å². The van der Waals surface area contributed by atoms with E-state index in [4.69, 9.17) is 10.5 Å². The molecule has 2 heterocycles. The summed E-state index contributed by atoms with van der Waals surface area (Å²) in [5, 5.41) is 0. The fourth-order valence-corrected chi connectivity index (χ4v) is 2.66. The molecule has 3 rings (SSSR count). The number of anilines is 2. The van der Waals surface area contributed by atoms with Crippen LogP contribution in [0.25, 0.3) is 0 Å². The van der Waals surface area contributed by atoms with Gasteiger partial charge in [0.2, 0.25) is 0 Å². The lowest BCUT2D eigenvalue weighted by molar-refractivity contribution is 0.0594. The summed E-state index contributed by atoms with van der Waals surface area (Å²) in [6.07, 6.45) is 2.57. The van der Waals surface area contributed by atoms with Gasteiger partial charge in [-0.3, -0.25) is 0 Å². The molecule has 0 saturated heterocycles. The van der Waals surface area contributed by atoms with Gasteiger partial charge in [-0.15, -0.1) is 0 Å². The highest BCUT2D eigenvalue weighted by Crippen LogP contribution is 2.28. The van der Waals surface area contributed by atoms with Crippen molar-refractivity contribution in [2.24, 2.45) is 0 Å². The first-order valence-electron chi connectivity index (χ1n) is 6.84. The normalized spacial score (nSPS) is 13.7. The first-order chi connectivity index (χ1) is 10.2. The zero-order valence-electron chi connectivity index (χ0n) is 11.9. The Balaban J connectivity index is 1.89. The monoisotopic (exact) mass is 283 g/mol. The van der Waals surface area contributed by atoms with Crippen LogP contribution >= 0.6 is 0 Å². The number of nitrogens with two attached hydrogens (primary N) is 1. The van der Waals surface area contributed by atoms with Crippen molar-refractivity contribution in [3.8, 4) is 0 Å². The van der Waals surface area contributed by atoms with Gasteiger partial charge in [0.05, 0.1) is 7.11 Å². The minimum absolute atomic E-state index is 0.321. The highest BCUT2D eigenvalue weighted by atomic mass is 16.5. The average Bonchev–Trinajstić information content (AvgIpc) is 2.54. The Kier molecular flexibility index (Phi) is 3.48. The number of pyridine rings is 1. The molecule has 21 heavy (non-hydrogen) atoms. The van der Waals surface area contributed by atoms with E-state index in [2.05, 4.69) is 16.0 Å². The zero-order chi connectivity index (χ0) is 14.8. The fraction of sp³-hybridized carbons (Fsp3) is 0.250. The highest BCUT2D eigenvalue weighted by molar-refractivity contribution is 5.88. The van der Waals surface area contributed by atoms with Crippen LogP contribution < -0.4 is 10.6 Å². The van der Waals surface area contributed by atoms with Crippen molar-refractivity contribution in [1.29, 1.82) is 0 Å². The average molecular weight is 283 g/mol. The maximum Gasteiger partial charge on any atom is 0.356 e. The van der Waals surface area contributed by atoms with E-state index in [-0.39, 0.29) is 0 Å². The Morgan fingerprint density at radius 2 is 2.24 bits per heavy atom. The van der Waals surface area contributed by atoms with Crippen LogP contribution in [0, 0.1) is 0 Å². The number of esters is 1. The summed E-state index contributed by atoms with van der Waals surface area (Å²) < 4.78 is 4.71. The summed E-state index contributed by atoms with van der Waals surface area (Å²) >= 11 is 0. The molecule has 1 aromatic heterocycles. The lowest BCUT2D eigenvalue weighted by Gasteiger charge is -2.31. The number of rotatable bonds is 2. The molecule has 1 aliphatic rings. The lowest BCUT2D eigenvalue weighted by atomic mass is 9.98. The summed E-state index contributed by atoms with van der Waals surface area (Å²) in [6.45, 7) is 1.63. The number of hydrogen-bond acceptors (Lipinski definition) is 5. The van der Waals surface area contributed by atoms with Gasteiger partial charge in [-0.25, -0.2) is 9.78 Å². The lowest BCUT2D eigenvalue weighted by Crippen LogP contribution is -2.31. The molecule has 2 N–H and O–H groups in total. The quantitative estimate of drug-likeness (QED) is 0.674. The van der Waals surface area contributed by atoms with Gasteiger partial charge in [-0.05, 0) is 35.7 Å². The number of fused-ring (bicyclic) bond motifs is 1. The largest absolute Gasteiger partial charge is 0.464 e. The molecule has 0 atom stereocenters. The van der Waals surface area contributed by atoms with Crippen LogP contribution in [0.2, 0.25) is 0 Å². The molecule has 2 aromatic rings. The number of benzene rings is 1. The van der Waals surface area contributed by atoms with Crippen molar-refractivity contribution in [1.82, 2.24) is 4.98 Å². The number of nitrogen functional groups attached to an aromatic ring is 1. The fourth-order valence-electron chi connectivity index (χ4n) is 2.66. The van der Waals surface area contributed by atoms with E-state index in [1.165, 1.54) is 18.2 Å². The number of carbonyl (C=O) groups excluding carboxylic acids is 1. The Labute approximate surface area is 123 Å². The minimum atomic E-state index is -0.422. The van der Waals surface area contributed by atoms with E-state index in [0.717, 1.165) is 30.9 Å². The summed E-state index contributed by atoms with van der Waals surface area (Å²) in [7, 11) is 1.36. The van der Waals surface area contributed by atoms with E-state index in [1.807, 2.05) is 18.2 Å². The van der Waals surface area contributed by atoms with Gasteiger partial charge in [0.15, 0.2) is 0 Å². The molecule has 0 fully saturated rings. The molecule has 1 aliphatic heterocycles. The van der Waals surface area contributed by atoms with Gasteiger partial charge in [-0.2, -0.15) is 0 Å². The summed E-state index contributed by atoms with van der Waals surface area (Å²) in [4.78, 5) is 17.8. The van der Waals surface area contributed by atoms with Crippen molar-refractivity contribution < 1.29 is 9.53 Å². The molecule has 0 amide bonds. The van der Waals surface area contributed by atoms with Crippen molar-refractivity contribution in [2.75, 3.05) is 24.3 Å². The first kappa shape index (κ1) is 13.4. The Morgan fingerprint density at radius 1 is 1.38 bits per heavy atom. The highest BCUT2D eigenvalue weighted by Gasteiger charge is 2.19.